The summed E-state index contributed by atoms with van der Waals surface area (Å²) in [6.45, 7) is 2.42. The Morgan fingerprint density at radius 1 is 1.26 bits per heavy atom. The molecule has 3 heterocycles. The Morgan fingerprint density at radius 2 is 2.06 bits per heavy atom. The van der Waals surface area contributed by atoms with E-state index >= 15 is 0 Å². The molecule has 10 nitrogen and oxygen atoms in total. The van der Waals surface area contributed by atoms with Crippen molar-refractivity contribution >= 4 is 29.5 Å². The van der Waals surface area contributed by atoms with Gasteiger partial charge in [-0.1, -0.05) is 17.7 Å². The standard InChI is InChI=1S/C21H22N6O4/c1-13-4-6-15(7-5-13)23-21-25-17(24-20(22)26-21)12-31-19(29)14-9-18(28)27(10-14)11-16-3-2-8-30-16/h2-8,14H,9-12H2,1H3,(H3,22,23,24,25,26). The number of likely N-dealkylation sites (tertiary alicyclic amines) is 1. The van der Waals surface area contributed by atoms with Crippen molar-refractivity contribution < 1.29 is 18.7 Å². The minimum atomic E-state index is -0.549. The maximum absolute atomic E-state index is 12.5. The molecule has 1 saturated heterocycles. The molecule has 1 aliphatic rings. The van der Waals surface area contributed by atoms with E-state index < -0.39 is 11.9 Å². The molecule has 2 aromatic heterocycles. The SMILES string of the molecule is Cc1ccc(Nc2nc(N)nc(COC(=O)C3CC(=O)N(Cc4ccco4)C3)n2)cc1. The molecule has 1 atom stereocenters. The number of hydrogen-bond donors (Lipinski definition) is 2. The van der Waals surface area contributed by atoms with Crippen LogP contribution >= 0.6 is 0 Å². The summed E-state index contributed by atoms with van der Waals surface area (Å²) >= 11 is 0. The monoisotopic (exact) mass is 422 g/mol. The Bertz CT molecular complexity index is 1070. The van der Waals surface area contributed by atoms with E-state index in [-0.39, 0.29) is 43.2 Å². The van der Waals surface area contributed by atoms with Crippen molar-refractivity contribution in [3.05, 3.63) is 59.8 Å². The molecular weight excluding hydrogens is 400 g/mol. The number of rotatable bonds is 7. The topological polar surface area (TPSA) is 136 Å². The third-order valence-corrected chi connectivity index (χ3v) is 4.82. The Hall–Kier alpha value is -3.95. The van der Waals surface area contributed by atoms with Crippen molar-refractivity contribution in [1.82, 2.24) is 19.9 Å². The molecule has 31 heavy (non-hydrogen) atoms. The first-order valence-electron chi connectivity index (χ1n) is 9.77. The molecule has 1 unspecified atom stereocenters. The van der Waals surface area contributed by atoms with Crippen molar-refractivity contribution in [2.24, 2.45) is 5.92 Å². The van der Waals surface area contributed by atoms with Crippen LogP contribution in [0.1, 0.15) is 23.6 Å². The second-order valence-electron chi connectivity index (χ2n) is 7.29. The zero-order valence-corrected chi connectivity index (χ0v) is 16.9. The maximum atomic E-state index is 12.5. The molecule has 1 fully saturated rings. The molecule has 0 radical (unpaired) electrons. The molecule has 1 amide bonds. The van der Waals surface area contributed by atoms with E-state index in [0.29, 0.717) is 12.3 Å². The van der Waals surface area contributed by atoms with Gasteiger partial charge in [-0.05, 0) is 31.2 Å². The molecule has 3 N–H and O–H groups in total. The summed E-state index contributed by atoms with van der Waals surface area (Å²) < 4.78 is 10.6. The summed E-state index contributed by atoms with van der Waals surface area (Å²) in [5.41, 5.74) is 7.68. The third-order valence-electron chi connectivity index (χ3n) is 4.82. The third kappa shape index (κ3) is 5.16. The maximum Gasteiger partial charge on any atom is 0.311 e. The number of esters is 1. The fourth-order valence-corrected chi connectivity index (χ4v) is 3.25. The lowest BCUT2D eigenvalue weighted by Gasteiger charge is -2.14. The van der Waals surface area contributed by atoms with Crippen LogP contribution in [0.3, 0.4) is 0 Å². The average Bonchev–Trinajstić information content (AvgIpc) is 3.38. The molecule has 160 valence electrons. The molecule has 0 aliphatic carbocycles. The van der Waals surface area contributed by atoms with E-state index in [0.717, 1.165) is 11.3 Å². The number of nitrogens with one attached hydrogen (secondary N) is 1. The van der Waals surface area contributed by atoms with Gasteiger partial charge in [0, 0.05) is 18.7 Å². The molecule has 0 saturated carbocycles. The first kappa shape index (κ1) is 20.3. The number of anilines is 3. The number of aryl methyl sites for hydroxylation is 1. The van der Waals surface area contributed by atoms with Gasteiger partial charge in [0.05, 0.1) is 18.7 Å². The molecule has 0 bridgehead atoms. The van der Waals surface area contributed by atoms with Gasteiger partial charge in [0.1, 0.15) is 5.76 Å². The Kier molecular flexibility index (Phi) is 5.78. The van der Waals surface area contributed by atoms with Gasteiger partial charge in [-0.25, -0.2) is 0 Å². The quantitative estimate of drug-likeness (QED) is 0.549. The molecule has 1 aliphatic heterocycles. The van der Waals surface area contributed by atoms with E-state index in [1.54, 1.807) is 23.3 Å². The lowest BCUT2D eigenvalue weighted by Crippen LogP contribution is -2.26. The van der Waals surface area contributed by atoms with Crippen LogP contribution in [-0.2, 0) is 27.5 Å². The van der Waals surface area contributed by atoms with Crippen LogP contribution in [0, 0.1) is 12.8 Å². The van der Waals surface area contributed by atoms with Gasteiger partial charge in [0.2, 0.25) is 17.8 Å². The van der Waals surface area contributed by atoms with Crippen LogP contribution in [0.2, 0.25) is 0 Å². The van der Waals surface area contributed by atoms with E-state index in [1.807, 2.05) is 31.2 Å². The van der Waals surface area contributed by atoms with Crippen LogP contribution in [0.15, 0.2) is 47.1 Å². The smallest absolute Gasteiger partial charge is 0.311 e. The van der Waals surface area contributed by atoms with E-state index in [1.165, 1.54) is 0 Å². The number of benzene rings is 1. The highest BCUT2D eigenvalue weighted by Gasteiger charge is 2.35. The summed E-state index contributed by atoms with van der Waals surface area (Å²) in [4.78, 5) is 38.6. The first-order chi connectivity index (χ1) is 15.0. The Morgan fingerprint density at radius 3 is 2.81 bits per heavy atom. The highest BCUT2D eigenvalue weighted by Crippen LogP contribution is 2.22. The van der Waals surface area contributed by atoms with Gasteiger partial charge in [-0.3, -0.25) is 9.59 Å². The zero-order valence-electron chi connectivity index (χ0n) is 16.9. The number of nitrogens with zero attached hydrogens (tertiary/aromatic N) is 4. The number of amides is 1. The van der Waals surface area contributed by atoms with Crippen LogP contribution in [0.5, 0.6) is 0 Å². The number of carbonyl (C=O) groups excluding carboxylic acids is 2. The first-order valence-corrected chi connectivity index (χ1v) is 9.77. The highest BCUT2D eigenvalue weighted by atomic mass is 16.5. The van der Waals surface area contributed by atoms with Crippen molar-refractivity contribution in [3.8, 4) is 0 Å². The molecule has 4 rings (SSSR count). The van der Waals surface area contributed by atoms with Gasteiger partial charge >= 0.3 is 5.97 Å². The number of furan rings is 1. The molecule has 3 aromatic rings. The number of hydrogen-bond acceptors (Lipinski definition) is 9. The van der Waals surface area contributed by atoms with Crippen LogP contribution in [-0.4, -0.2) is 38.3 Å². The summed E-state index contributed by atoms with van der Waals surface area (Å²) in [5, 5.41) is 3.04. The second kappa shape index (κ2) is 8.82. The minimum Gasteiger partial charge on any atom is -0.467 e. The average molecular weight is 422 g/mol. The molecule has 10 heteroatoms. The predicted octanol–water partition coefficient (Wildman–Crippen LogP) is 2.19. The minimum absolute atomic E-state index is 0.0105. The van der Waals surface area contributed by atoms with Crippen LogP contribution < -0.4 is 11.1 Å². The summed E-state index contributed by atoms with van der Waals surface area (Å²) in [6, 6.07) is 11.2. The fourth-order valence-electron chi connectivity index (χ4n) is 3.25. The van der Waals surface area contributed by atoms with E-state index in [9.17, 15) is 9.59 Å². The predicted molar refractivity (Wildman–Crippen MR) is 111 cm³/mol. The zero-order chi connectivity index (χ0) is 21.8. The van der Waals surface area contributed by atoms with Gasteiger partial charge in [-0.15, -0.1) is 0 Å². The number of aromatic nitrogens is 3. The second-order valence-corrected chi connectivity index (χ2v) is 7.29. The lowest BCUT2D eigenvalue weighted by molar-refractivity contribution is -0.150. The van der Waals surface area contributed by atoms with Gasteiger partial charge in [0.25, 0.3) is 0 Å². The molecular formula is C21H22N6O4. The summed E-state index contributed by atoms with van der Waals surface area (Å²) in [5.74, 6) is -0.00952. The van der Waals surface area contributed by atoms with Crippen LogP contribution in [0.4, 0.5) is 17.6 Å². The van der Waals surface area contributed by atoms with E-state index in [4.69, 9.17) is 14.9 Å². The van der Waals surface area contributed by atoms with Gasteiger partial charge in [0.15, 0.2) is 12.4 Å². The number of nitrogen functional groups attached to an aromatic ring is 1. The molecule has 1 aromatic carbocycles. The van der Waals surface area contributed by atoms with Gasteiger partial charge < -0.3 is 25.1 Å². The number of ether oxygens (including phenoxy) is 1. The summed E-state index contributed by atoms with van der Waals surface area (Å²) in [6.07, 6.45) is 1.64. The van der Waals surface area contributed by atoms with Crippen molar-refractivity contribution in [1.29, 1.82) is 0 Å². The fraction of sp³-hybridized carbons (Fsp3) is 0.286. The number of carbonyl (C=O) groups is 2. The summed E-state index contributed by atoms with van der Waals surface area (Å²) in [7, 11) is 0. The van der Waals surface area contributed by atoms with E-state index in [2.05, 4.69) is 20.3 Å². The van der Waals surface area contributed by atoms with Crippen molar-refractivity contribution in [2.45, 2.75) is 26.5 Å². The van der Waals surface area contributed by atoms with Crippen LogP contribution in [0.25, 0.3) is 0 Å². The Labute approximate surface area is 178 Å². The molecule has 0 spiro atoms. The largest absolute Gasteiger partial charge is 0.467 e. The lowest BCUT2D eigenvalue weighted by atomic mass is 10.1. The number of nitrogens with two attached hydrogens (primary N) is 1. The Balaban J connectivity index is 1.34. The van der Waals surface area contributed by atoms with Gasteiger partial charge in [-0.2, -0.15) is 15.0 Å². The van der Waals surface area contributed by atoms with Crippen molar-refractivity contribution in [3.63, 3.8) is 0 Å². The normalized spacial score (nSPS) is 15.8. The highest BCUT2D eigenvalue weighted by molar-refractivity contribution is 5.86. The van der Waals surface area contributed by atoms with Crippen molar-refractivity contribution in [2.75, 3.05) is 17.6 Å².